The molecule has 0 fully saturated rings. The van der Waals surface area contributed by atoms with E-state index in [4.69, 9.17) is 10.5 Å². The highest BCUT2D eigenvalue weighted by Gasteiger charge is 2.13. The molecule has 0 saturated carbocycles. The third-order valence-corrected chi connectivity index (χ3v) is 3.13. The van der Waals surface area contributed by atoms with Gasteiger partial charge in [0.05, 0.1) is 11.9 Å². The Bertz CT molecular complexity index is 555. The Morgan fingerprint density at radius 1 is 1.15 bits per heavy atom. The normalized spacial score (nSPS) is 12.4. The van der Waals surface area contributed by atoms with Gasteiger partial charge in [0.2, 0.25) is 0 Å². The standard InChI is InChI=1S/C16H21N3O/c1-11(2)16-18-10-15(14(9-17)19-16)20-12(3)13-7-5-4-6-8-13/h4-8,10-12H,9,17H2,1-3H3. The van der Waals surface area contributed by atoms with Crippen molar-refractivity contribution in [3.8, 4) is 5.75 Å². The van der Waals surface area contributed by atoms with E-state index in [-0.39, 0.29) is 12.0 Å². The molecule has 1 aromatic heterocycles. The summed E-state index contributed by atoms with van der Waals surface area (Å²) in [7, 11) is 0. The van der Waals surface area contributed by atoms with Crippen LogP contribution >= 0.6 is 0 Å². The Kier molecular flexibility index (Phi) is 4.69. The van der Waals surface area contributed by atoms with Crippen LogP contribution in [0, 0.1) is 0 Å². The molecule has 2 rings (SSSR count). The minimum atomic E-state index is -0.0602. The summed E-state index contributed by atoms with van der Waals surface area (Å²) in [5.41, 5.74) is 7.63. The summed E-state index contributed by atoms with van der Waals surface area (Å²) >= 11 is 0. The lowest BCUT2D eigenvalue weighted by Gasteiger charge is -2.17. The molecule has 1 aromatic carbocycles. The predicted molar refractivity (Wildman–Crippen MR) is 79.5 cm³/mol. The highest BCUT2D eigenvalue weighted by molar-refractivity contribution is 5.27. The van der Waals surface area contributed by atoms with Gasteiger partial charge in [-0.2, -0.15) is 0 Å². The summed E-state index contributed by atoms with van der Waals surface area (Å²) in [4.78, 5) is 8.82. The van der Waals surface area contributed by atoms with Crippen LogP contribution < -0.4 is 10.5 Å². The van der Waals surface area contributed by atoms with Crippen LogP contribution in [-0.4, -0.2) is 9.97 Å². The molecular weight excluding hydrogens is 250 g/mol. The van der Waals surface area contributed by atoms with Crippen LogP contribution in [-0.2, 0) is 6.54 Å². The van der Waals surface area contributed by atoms with Crippen molar-refractivity contribution in [3.63, 3.8) is 0 Å². The van der Waals surface area contributed by atoms with Gasteiger partial charge in [-0.05, 0) is 12.5 Å². The SMILES string of the molecule is CC(C)c1ncc(OC(C)c2ccccc2)c(CN)n1. The van der Waals surface area contributed by atoms with E-state index < -0.39 is 0 Å². The maximum atomic E-state index is 5.95. The van der Waals surface area contributed by atoms with E-state index in [1.165, 1.54) is 0 Å². The molecule has 0 aliphatic heterocycles. The minimum Gasteiger partial charge on any atom is -0.482 e. The zero-order valence-electron chi connectivity index (χ0n) is 12.2. The number of rotatable bonds is 5. The van der Waals surface area contributed by atoms with Gasteiger partial charge < -0.3 is 10.5 Å². The van der Waals surface area contributed by atoms with Crippen molar-refractivity contribution in [3.05, 3.63) is 53.6 Å². The van der Waals surface area contributed by atoms with Gasteiger partial charge in [-0.3, -0.25) is 0 Å². The van der Waals surface area contributed by atoms with Crippen molar-refractivity contribution in [2.24, 2.45) is 5.73 Å². The first-order valence-corrected chi connectivity index (χ1v) is 6.89. The molecule has 0 bridgehead atoms. The van der Waals surface area contributed by atoms with Gasteiger partial charge in [0, 0.05) is 12.5 Å². The second-order valence-corrected chi connectivity index (χ2v) is 5.07. The van der Waals surface area contributed by atoms with Gasteiger partial charge in [-0.15, -0.1) is 0 Å². The molecule has 20 heavy (non-hydrogen) atoms. The lowest BCUT2D eigenvalue weighted by atomic mass is 10.1. The number of nitrogens with zero attached hydrogens (tertiary/aromatic N) is 2. The van der Waals surface area contributed by atoms with E-state index in [9.17, 15) is 0 Å². The van der Waals surface area contributed by atoms with Gasteiger partial charge in [-0.25, -0.2) is 9.97 Å². The first-order valence-electron chi connectivity index (χ1n) is 6.89. The Morgan fingerprint density at radius 2 is 1.85 bits per heavy atom. The molecule has 1 atom stereocenters. The molecule has 4 nitrogen and oxygen atoms in total. The fraction of sp³-hybridized carbons (Fsp3) is 0.375. The molecule has 1 unspecified atom stereocenters. The Hall–Kier alpha value is -1.94. The van der Waals surface area contributed by atoms with Crippen LogP contribution in [0.5, 0.6) is 5.75 Å². The smallest absolute Gasteiger partial charge is 0.161 e. The molecular formula is C16H21N3O. The van der Waals surface area contributed by atoms with Crippen LogP contribution in [0.3, 0.4) is 0 Å². The Morgan fingerprint density at radius 3 is 2.45 bits per heavy atom. The molecule has 2 aromatic rings. The minimum absolute atomic E-state index is 0.0602. The third-order valence-electron chi connectivity index (χ3n) is 3.13. The molecule has 0 saturated heterocycles. The molecule has 0 amide bonds. The van der Waals surface area contributed by atoms with E-state index in [0.717, 1.165) is 17.1 Å². The van der Waals surface area contributed by atoms with Gasteiger partial charge in [-0.1, -0.05) is 44.2 Å². The lowest BCUT2D eigenvalue weighted by molar-refractivity contribution is 0.222. The summed E-state index contributed by atoms with van der Waals surface area (Å²) < 4.78 is 5.95. The molecule has 0 spiro atoms. The number of hydrogen-bond acceptors (Lipinski definition) is 4. The number of aromatic nitrogens is 2. The number of ether oxygens (including phenoxy) is 1. The summed E-state index contributed by atoms with van der Waals surface area (Å²) in [5, 5.41) is 0. The van der Waals surface area contributed by atoms with E-state index >= 15 is 0 Å². The van der Waals surface area contributed by atoms with Gasteiger partial charge >= 0.3 is 0 Å². The highest BCUT2D eigenvalue weighted by Crippen LogP contribution is 2.24. The van der Waals surface area contributed by atoms with E-state index in [1.807, 2.05) is 37.3 Å². The fourth-order valence-corrected chi connectivity index (χ4v) is 1.93. The second-order valence-electron chi connectivity index (χ2n) is 5.07. The van der Waals surface area contributed by atoms with Crippen LogP contribution in [0.15, 0.2) is 36.5 Å². The van der Waals surface area contributed by atoms with E-state index in [2.05, 4.69) is 23.8 Å². The highest BCUT2D eigenvalue weighted by atomic mass is 16.5. The molecule has 4 heteroatoms. The molecule has 0 radical (unpaired) electrons. The average molecular weight is 271 g/mol. The molecule has 0 aliphatic rings. The Labute approximate surface area is 120 Å². The van der Waals surface area contributed by atoms with Crippen molar-refractivity contribution in [1.29, 1.82) is 0 Å². The van der Waals surface area contributed by atoms with Crippen molar-refractivity contribution in [1.82, 2.24) is 9.97 Å². The number of hydrogen-bond donors (Lipinski definition) is 1. The zero-order valence-corrected chi connectivity index (χ0v) is 12.2. The fourth-order valence-electron chi connectivity index (χ4n) is 1.93. The van der Waals surface area contributed by atoms with Crippen molar-refractivity contribution < 1.29 is 4.74 Å². The predicted octanol–water partition coefficient (Wildman–Crippen LogP) is 3.20. The Balaban J connectivity index is 2.21. The maximum Gasteiger partial charge on any atom is 0.161 e. The van der Waals surface area contributed by atoms with Crippen LogP contribution in [0.1, 0.15) is 49.9 Å². The van der Waals surface area contributed by atoms with Crippen molar-refractivity contribution in [2.75, 3.05) is 0 Å². The molecule has 2 N–H and O–H groups in total. The zero-order chi connectivity index (χ0) is 14.5. The van der Waals surface area contributed by atoms with E-state index in [1.54, 1.807) is 6.20 Å². The van der Waals surface area contributed by atoms with Crippen molar-refractivity contribution in [2.45, 2.75) is 39.3 Å². The van der Waals surface area contributed by atoms with Gasteiger partial charge in [0.15, 0.2) is 5.75 Å². The number of nitrogens with two attached hydrogens (primary N) is 1. The van der Waals surface area contributed by atoms with Gasteiger partial charge in [0.1, 0.15) is 11.9 Å². The third kappa shape index (κ3) is 3.33. The lowest BCUT2D eigenvalue weighted by Crippen LogP contribution is -2.11. The largest absolute Gasteiger partial charge is 0.482 e. The summed E-state index contributed by atoms with van der Waals surface area (Å²) in [6.45, 7) is 6.47. The number of benzene rings is 1. The first-order chi connectivity index (χ1) is 9.61. The topological polar surface area (TPSA) is 61.0 Å². The van der Waals surface area contributed by atoms with Crippen molar-refractivity contribution >= 4 is 0 Å². The van der Waals surface area contributed by atoms with Crippen LogP contribution in [0.4, 0.5) is 0 Å². The maximum absolute atomic E-state index is 5.95. The molecule has 106 valence electrons. The molecule has 1 heterocycles. The van der Waals surface area contributed by atoms with Gasteiger partial charge in [0.25, 0.3) is 0 Å². The van der Waals surface area contributed by atoms with Crippen LogP contribution in [0.2, 0.25) is 0 Å². The average Bonchev–Trinajstić information content (AvgIpc) is 2.48. The quantitative estimate of drug-likeness (QED) is 0.907. The summed E-state index contributed by atoms with van der Waals surface area (Å²) in [6, 6.07) is 10.1. The second kappa shape index (κ2) is 6.48. The first kappa shape index (κ1) is 14.5. The monoisotopic (exact) mass is 271 g/mol. The summed E-state index contributed by atoms with van der Waals surface area (Å²) in [5.74, 6) is 1.74. The molecule has 0 aliphatic carbocycles. The van der Waals surface area contributed by atoms with E-state index in [0.29, 0.717) is 12.3 Å². The summed E-state index contributed by atoms with van der Waals surface area (Å²) in [6.07, 6.45) is 1.67. The van der Waals surface area contributed by atoms with Crippen LogP contribution in [0.25, 0.3) is 0 Å².